The van der Waals surface area contributed by atoms with Gasteiger partial charge >= 0.3 is 0 Å². The lowest BCUT2D eigenvalue weighted by atomic mass is 10.0. The molecule has 1 amide bonds. The highest BCUT2D eigenvalue weighted by Crippen LogP contribution is 2.19. The van der Waals surface area contributed by atoms with Crippen molar-refractivity contribution in [2.75, 3.05) is 19.6 Å². The van der Waals surface area contributed by atoms with Gasteiger partial charge in [0.1, 0.15) is 5.82 Å². The molecule has 1 aromatic rings. The van der Waals surface area contributed by atoms with E-state index in [4.69, 9.17) is 22.7 Å². The predicted octanol–water partition coefficient (Wildman–Crippen LogP) is 3.20. The SMILES string of the molecule is Cc1c(Cl)cccc1C(=N)/C=C(\N)NC(=O)CCCN1CCCCC1. The summed E-state index contributed by atoms with van der Waals surface area (Å²) in [5.41, 5.74) is 7.62. The zero-order chi connectivity index (χ0) is 18.2. The Hall–Kier alpha value is -1.85. The molecular formula is C19H27ClN4O. The Labute approximate surface area is 154 Å². The lowest BCUT2D eigenvalue weighted by molar-refractivity contribution is -0.120. The van der Waals surface area contributed by atoms with Crippen LogP contribution in [-0.2, 0) is 4.79 Å². The van der Waals surface area contributed by atoms with Crippen molar-refractivity contribution in [2.45, 2.75) is 39.0 Å². The average Bonchev–Trinajstić information content (AvgIpc) is 2.58. The number of benzene rings is 1. The third-order valence-corrected chi connectivity index (χ3v) is 4.88. The van der Waals surface area contributed by atoms with Crippen molar-refractivity contribution >= 4 is 23.2 Å². The van der Waals surface area contributed by atoms with Crippen LogP contribution < -0.4 is 11.1 Å². The molecule has 0 saturated carbocycles. The van der Waals surface area contributed by atoms with Crippen LogP contribution in [-0.4, -0.2) is 36.2 Å². The summed E-state index contributed by atoms with van der Waals surface area (Å²) in [6, 6.07) is 5.39. The lowest BCUT2D eigenvalue weighted by Crippen LogP contribution is -2.32. The van der Waals surface area contributed by atoms with Gasteiger partial charge < -0.3 is 21.4 Å². The molecule has 0 spiro atoms. The summed E-state index contributed by atoms with van der Waals surface area (Å²) in [6.07, 6.45) is 6.55. The Morgan fingerprint density at radius 2 is 2.08 bits per heavy atom. The minimum absolute atomic E-state index is 0.110. The van der Waals surface area contributed by atoms with Crippen LogP contribution in [0.15, 0.2) is 30.1 Å². The van der Waals surface area contributed by atoms with Crippen LogP contribution in [0.3, 0.4) is 0 Å². The molecule has 1 saturated heterocycles. The molecule has 4 N–H and O–H groups in total. The van der Waals surface area contributed by atoms with Crippen molar-refractivity contribution in [2.24, 2.45) is 5.73 Å². The van der Waals surface area contributed by atoms with Crippen molar-refractivity contribution in [1.82, 2.24) is 10.2 Å². The number of allylic oxidation sites excluding steroid dienone is 1. The van der Waals surface area contributed by atoms with Gasteiger partial charge in [-0.3, -0.25) is 4.79 Å². The second-order valence-corrected chi connectivity index (χ2v) is 6.89. The predicted molar refractivity (Wildman–Crippen MR) is 103 cm³/mol. The van der Waals surface area contributed by atoms with Gasteiger partial charge in [0.2, 0.25) is 5.91 Å². The van der Waals surface area contributed by atoms with Gasteiger partial charge in [-0.05, 0) is 57.5 Å². The molecular weight excluding hydrogens is 336 g/mol. The summed E-state index contributed by atoms with van der Waals surface area (Å²) in [5, 5.41) is 11.4. The number of hydrogen-bond donors (Lipinski definition) is 3. The Morgan fingerprint density at radius 3 is 2.80 bits per heavy atom. The van der Waals surface area contributed by atoms with E-state index in [1.807, 2.05) is 13.0 Å². The molecule has 136 valence electrons. The monoisotopic (exact) mass is 362 g/mol. The summed E-state index contributed by atoms with van der Waals surface area (Å²) in [6.45, 7) is 5.09. The van der Waals surface area contributed by atoms with Crippen molar-refractivity contribution in [3.63, 3.8) is 0 Å². The van der Waals surface area contributed by atoms with Gasteiger partial charge in [-0.1, -0.05) is 30.2 Å². The van der Waals surface area contributed by atoms with Crippen LogP contribution in [0.25, 0.3) is 0 Å². The molecule has 1 heterocycles. The average molecular weight is 363 g/mol. The smallest absolute Gasteiger partial charge is 0.225 e. The first-order chi connectivity index (χ1) is 12.0. The molecule has 2 rings (SSSR count). The minimum atomic E-state index is -0.110. The van der Waals surface area contributed by atoms with E-state index in [0.29, 0.717) is 17.0 Å². The van der Waals surface area contributed by atoms with Gasteiger partial charge in [0, 0.05) is 23.1 Å². The normalized spacial score (nSPS) is 15.8. The van der Waals surface area contributed by atoms with Gasteiger partial charge in [-0.15, -0.1) is 0 Å². The van der Waals surface area contributed by atoms with Gasteiger partial charge in [-0.2, -0.15) is 0 Å². The second-order valence-electron chi connectivity index (χ2n) is 6.48. The fraction of sp³-hybridized carbons (Fsp3) is 0.474. The first kappa shape index (κ1) is 19.5. The first-order valence-electron chi connectivity index (χ1n) is 8.81. The second kappa shape index (κ2) is 9.59. The molecule has 0 aliphatic carbocycles. The number of nitrogens with one attached hydrogen (secondary N) is 2. The minimum Gasteiger partial charge on any atom is -0.385 e. The number of halogens is 1. The molecule has 1 aromatic carbocycles. The standard InChI is InChI=1S/C19H27ClN4O/c1-14-15(7-5-8-16(14)20)17(21)13-18(22)23-19(25)9-6-12-24-10-3-2-4-11-24/h5,7-8,13,21H,2-4,6,9-12,22H2,1H3,(H,23,25)/b18-13+,21-17?. The molecule has 25 heavy (non-hydrogen) atoms. The number of likely N-dealkylation sites (tertiary alicyclic amines) is 1. The van der Waals surface area contributed by atoms with Crippen LogP contribution in [0, 0.1) is 12.3 Å². The lowest BCUT2D eigenvalue weighted by Gasteiger charge is -2.26. The molecule has 1 aliphatic heterocycles. The van der Waals surface area contributed by atoms with E-state index in [-0.39, 0.29) is 17.4 Å². The number of carbonyl (C=O) groups excluding carboxylic acids is 1. The fourth-order valence-corrected chi connectivity index (χ4v) is 3.21. The van der Waals surface area contributed by atoms with Gasteiger partial charge in [0.25, 0.3) is 0 Å². The Kier molecular flexibility index (Phi) is 7.47. The third kappa shape index (κ3) is 6.18. The van der Waals surface area contributed by atoms with Gasteiger partial charge in [0.05, 0.1) is 5.71 Å². The van der Waals surface area contributed by atoms with E-state index in [1.54, 1.807) is 12.1 Å². The molecule has 5 nitrogen and oxygen atoms in total. The van der Waals surface area contributed by atoms with E-state index in [1.165, 1.54) is 25.3 Å². The maximum Gasteiger partial charge on any atom is 0.225 e. The van der Waals surface area contributed by atoms with E-state index in [9.17, 15) is 4.79 Å². The topological polar surface area (TPSA) is 82.2 Å². The van der Waals surface area contributed by atoms with Crippen LogP contribution in [0.4, 0.5) is 0 Å². The van der Waals surface area contributed by atoms with Crippen LogP contribution in [0.1, 0.15) is 43.2 Å². The summed E-state index contributed by atoms with van der Waals surface area (Å²) in [4.78, 5) is 14.4. The molecule has 0 radical (unpaired) electrons. The zero-order valence-corrected chi connectivity index (χ0v) is 15.5. The number of nitrogens with two attached hydrogens (primary N) is 1. The highest BCUT2D eigenvalue weighted by molar-refractivity contribution is 6.32. The van der Waals surface area contributed by atoms with Crippen LogP contribution in [0.2, 0.25) is 5.02 Å². The molecule has 6 heteroatoms. The summed E-state index contributed by atoms with van der Waals surface area (Å²) in [7, 11) is 0. The maximum atomic E-state index is 12.0. The Bertz CT molecular complexity index is 651. The summed E-state index contributed by atoms with van der Waals surface area (Å²) < 4.78 is 0. The molecule has 0 bridgehead atoms. The summed E-state index contributed by atoms with van der Waals surface area (Å²) in [5.74, 6) is 0.0775. The number of amides is 1. The van der Waals surface area contributed by atoms with Crippen molar-refractivity contribution < 1.29 is 4.79 Å². The Balaban J connectivity index is 1.80. The molecule has 1 aliphatic rings. The number of piperidine rings is 1. The molecule has 1 fully saturated rings. The quantitative estimate of drug-likeness (QED) is 0.651. The number of nitrogens with zero attached hydrogens (tertiary/aromatic N) is 1. The van der Waals surface area contributed by atoms with Crippen molar-refractivity contribution in [3.8, 4) is 0 Å². The number of rotatable bonds is 7. The maximum absolute atomic E-state index is 12.0. The third-order valence-electron chi connectivity index (χ3n) is 4.47. The summed E-state index contributed by atoms with van der Waals surface area (Å²) >= 11 is 6.08. The van der Waals surface area contributed by atoms with Crippen LogP contribution in [0.5, 0.6) is 0 Å². The van der Waals surface area contributed by atoms with Crippen LogP contribution >= 0.6 is 11.6 Å². The van der Waals surface area contributed by atoms with E-state index >= 15 is 0 Å². The molecule has 0 unspecified atom stereocenters. The fourth-order valence-electron chi connectivity index (χ4n) is 3.04. The molecule has 0 aromatic heterocycles. The van der Waals surface area contributed by atoms with Gasteiger partial charge in [-0.25, -0.2) is 0 Å². The number of carbonyl (C=O) groups is 1. The molecule has 0 atom stereocenters. The van der Waals surface area contributed by atoms with E-state index in [2.05, 4.69) is 10.2 Å². The largest absolute Gasteiger partial charge is 0.385 e. The number of hydrogen-bond acceptors (Lipinski definition) is 4. The van der Waals surface area contributed by atoms with E-state index in [0.717, 1.165) is 31.6 Å². The first-order valence-corrected chi connectivity index (χ1v) is 9.18. The van der Waals surface area contributed by atoms with E-state index < -0.39 is 0 Å². The van der Waals surface area contributed by atoms with Crippen molar-refractivity contribution in [3.05, 3.63) is 46.2 Å². The highest BCUT2D eigenvalue weighted by atomic mass is 35.5. The Morgan fingerprint density at radius 1 is 1.36 bits per heavy atom. The van der Waals surface area contributed by atoms with Crippen molar-refractivity contribution in [1.29, 1.82) is 5.41 Å². The highest BCUT2D eigenvalue weighted by Gasteiger charge is 2.11. The van der Waals surface area contributed by atoms with Gasteiger partial charge in [0.15, 0.2) is 0 Å². The zero-order valence-electron chi connectivity index (χ0n) is 14.8.